The Morgan fingerprint density at radius 2 is 1.93 bits per heavy atom. The Kier molecular flexibility index (Phi) is 8.06. The highest BCUT2D eigenvalue weighted by Gasteiger charge is 2.24. The van der Waals surface area contributed by atoms with Gasteiger partial charge in [0.15, 0.2) is 11.5 Å². The molecule has 2 heterocycles. The Hall–Kier alpha value is -4.64. The SMILES string of the molecule is Cc1nc2ccc(NC(=O)C(Cc3ccccc3)n3cnc(-c4cc(Cl)ccc4N(N)/C=C(\N)Cl)cc3=O)cc2o1. The fourth-order valence-corrected chi connectivity index (χ4v) is 4.71. The van der Waals surface area contributed by atoms with E-state index in [0.29, 0.717) is 44.6 Å². The predicted molar refractivity (Wildman–Crippen MR) is 160 cm³/mol. The van der Waals surface area contributed by atoms with Crippen molar-refractivity contribution < 1.29 is 9.21 Å². The number of rotatable bonds is 8. The quantitative estimate of drug-likeness (QED) is 0.128. The van der Waals surface area contributed by atoms with Crippen LogP contribution in [0.1, 0.15) is 17.5 Å². The number of benzene rings is 3. The summed E-state index contributed by atoms with van der Waals surface area (Å²) in [5.74, 6) is 6.23. The molecule has 0 radical (unpaired) electrons. The molecule has 2 aromatic heterocycles. The van der Waals surface area contributed by atoms with E-state index < -0.39 is 17.5 Å². The summed E-state index contributed by atoms with van der Waals surface area (Å²) < 4.78 is 6.89. The molecule has 41 heavy (non-hydrogen) atoms. The number of amides is 1. The average molecular weight is 590 g/mol. The number of carbonyl (C=O) groups is 1. The maximum atomic E-state index is 13.6. The van der Waals surface area contributed by atoms with Crippen molar-refractivity contribution in [2.75, 3.05) is 10.3 Å². The van der Waals surface area contributed by atoms with E-state index in [-0.39, 0.29) is 11.6 Å². The molecule has 208 valence electrons. The molecule has 0 bridgehead atoms. The molecule has 0 saturated heterocycles. The molecule has 0 aliphatic heterocycles. The number of aryl methyl sites for hydroxylation is 1. The highest BCUT2D eigenvalue weighted by Crippen LogP contribution is 2.31. The number of nitrogens with two attached hydrogens (primary N) is 2. The van der Waals surface area contributed by atoms with Gasteiger partial charge >= 0.3 is 0 Å². The minimum absolute atomic E-state index is 0.0378. The summed E-state index contributed by atoms with van der Waals surface area (Å²) in [5.41, 5.74) is 8.94. The number of halogens is 2. The maximum Gasteiger partial charge on any atom is 0.254 e. The van der Waals surface area contributed by atoms with E-state index in [0.717, 1.165) is 5.56 Å². The van der Waals surface area contributed by atoms with Crippen molar-refractivity contribution in [1.82, 2.24) is 14.5 Å². The average Bonchev–Trinajstić information content (AvgIpc) is 3.31. The zero-order chi connectivity index (χ0) is 29.1. The maximum absolute atomic E-state index is 13.6. The monoisotopic (exact) mass is 589 g/mol. The summed E-state index contributed by atoms with van der Waals surface area (Å²) in [4.78, 5) is 35.9. The van der Waals surface area contributed by atoms with Gasteiger partial charge in [-0.2, -0.15) is 0 Å². The van der Waals surface area contributed by atoms with Crippen molar-refractivity contribution in [3.05, 3.63) is 117 Å². The number of anilines is 2. The third-order valence-electron chi connectivity index (χ3n) is 6.28. The zero-order valence-corrected chi connectivity index (χ0v) is 23.3. The fraction of sp³-hybridized carbons (Fsp3) is 0.103. The lowest BCUT2D eigenvalue weighted by Crippen LogP contribution is -2.34. The number of oxazole rings is 1. The first-order valence-corrected chi connectivity index (χ1v) is 13.2. The summed E-state index contributed by atoms with van der Waals surface area (Å²) >= 11 is 12.0. The lowest BCUT2D eigenvalue weighted by Gasteiger charge is -2.21. The van der Waals surface area contributed by atoms with Crippen molar-refractivity contribution in [1.29, 1.82) is 0 Å². The number of hydrogen-bond acceptors (Lipinski definition) is 8. The molecular weight excluding hydrogens is 565 g/mol. The molecule has 0 fully saturated rings. The van der Waals surface area contributed by atoms with Crippen LogP contribution in [0.25, 0.3) is 22.4 Å². The lowest BCUT2D eigenvalue weighted by atomic mass is 10.0. The number of nitrogens with zero attached hydrogens (tertiary/aromatic N) is 4. The highest BCUT2D eigenvalue weighted by molar-refractivity contribution is 6.31. The molecule has 10 nitrogen and oxygen atoms in total. The van der Waals surface area contributed by atoms with E-state index in [9.17, 15) is 9.59 Å². The molecular formula is C29H25Cl2N7O3. The van der Waals surface area contributed by atoms with Crippen LogP contribution in [-0.2, 0) is 11.2 Å². The molecule has 1 unspecified atom stereocenters. The second-order valence-electron chi connectivity index (χ2n) is 9.21. The molecule has 1 amide bonds. The number of aromatic nitrogens is 3. The van der Waals surface area contributed by atoms with Gasteiger partial charge in [0.2, 0.25) is 5.91 Å². The van der Waals surface area contributed by atoms with Gasteiger partial charge in [0.25, 0.3) is 5.56 Å². The van der Waals surface area contributed by atoms with Crippen LogP contribution in [0.4, 0.5) is 11.4 Å². The van der Waals surface area contributed by atoms with Gasteiger partial charge < -0.3 is 15.5 Å². The third-order valence-corrected chi connectivity index (χ3v) is 6.62. The number of hydrazine groups is 1. The van der Waals surface area contributed by atoms with Crippen molar-refractivity contribution in [3.8, 4) is 11.3 Å². The zero-order valence-electron chi connectivity index (χ0n) is 21.8. The summed E-state index contributed by atoms with van der Waals surface area (Å²) in [6.07, 6.45) is 2.90. The Morgan fingerprint density at radius 1 is 1.15 bits per heavy atom. The number of fused-ring (bicyclic) bond motifs is 1. The lowest BCUT2D eigenvalue weighted by molar-refractivity contribution is -0.119. The van der Waals surface area contributed by atoms with Crippen LogP contribution in [0.15, 0.2) is 99.7 Å². The first-order valence-electron chi connectivity index (χ1n) is 12.4. The van der Waals surface area contributed by atoms with Crippen LogP contribution in [0.3, 0.4) is 0 Å². The summed E-state index contributed by atoms with van der Waals surface area (Å²) in [6, 6.07) is 19.9. The Bertz CT molecular complexity index is 1810. The van der Waals surface area contributed by atoms with Gasteiger partial charge in [-0.1, -0.05) is 53.5 Å². The number of carbonyl (C=O) groups excluding carboxylic acids is 1. The second kappa shape index (κ2) is 11.8. The van der Waals surface area contributed by atoms with Crippen molar-refractivity contribution in [2.45, 2.75) is 19.4 Å². The van der Waals surface area contributed by atoms with E-state index >= 15 is 0 Å². The van der Waals surface area contributed by atoms with Crippen LogP contribution in [0.5, 0.6) is 0 Å². The van der Waals surface area contributed by atoms with Crippen LogP contribution in [0.2, 0.25) is 5.02 Å². The summed E-state index contributed by atoms with van der Waals surface area (Å²) in [5, 5.41) is 4.48. The van der Waals surface area contributed by atoms with Gasteiger partial charge in [0.1, 0.15) is 16.7 Å². The molecule has 0 spiro atoms. The Morgan fingerprint density at radius 3 is 2.66 bits per heavy atom. The highest BCUT2D eigenvalue weighted by atomic mass is 35.5. The number of nitrogens with one attached hydrogen (secondary N) is 1. The Balaban J connectivity index is 1.51. The summed E-state index contributed by atoms with van der Waals surface area (Å²) in [6.45, 7) is 1.75. The van der Waals surface area contributed by atoms with Crippen LogP contribution < -0.4 is 27.5 Å². The van der Waals surface area contributed by atoms with E-state index in [1.54, 1.807) is 43.3 Å². The van der Waals surface area contributed by atoms with Gasteiger partial charge in [-0.05, 0) is 35.9 Å². The van der Waals surface area contributed by atoms with E-state index in [4.69, 9.17) is 39.2 Å². The first kappa shape index (κ1) is 27.9. The Labute approximate surface area is 244 Å². The van der Waals surface area contributed by atoms with Crippen molar-refractivity contribution in [3.63, 3.8) is 0 Å². The van der Waals surface area contributed by atoms with Crippen LogP contribution >= 0.6 is 23.2 Å². The molecule has 3 aromatic carbocycles. The first-order chi connectivity index (χ1) is 19.7. The van der Waals surface area contributed by atoms with Gasteiger partial charge in [-0.25, -0.2) is 15.8 Å². The molecule has 0 aliphatic rings. The largest absolute Gasteiger partial charge is 0.441 e. The number of hydrogen-bond donors (Lipinski definition) is 3. The normalized spacial score (nSPS) is 12.3. The molecule has 5 aromatic rings. The predicted octanol–water partition coefficient (Wildman–Crippen LogP) is 5.11. The van der Waals surface area contributed by atoms with Gasteiger partial charge in [0, 0.05) is 41.8 Å². The molecule has 1 atom stereocenters. The molecule has 0 aliphatic carbocycles. The van der Waals surface area contributed by atoms with E-state index in [1.165, 1.54) is 28.2 Å². The summed E-state index contributed by atoms with van der Waals surface area (Å²) in [7, 11) is 0. The minimum atomic E-state index is -0.914. The van der Waals surface area contributed by atoms with E-state index in [1.807, 2.05) is 30.3 Å². The van der Waals surface area contributed by atoms with Gasteiger partial charge in [0.05, 0.1) is 23.9 Å². The van der Waals surface area contributed by atoms with E-state index in [2.05, 4.69) is 15.3 Å². The topological polar surface area (TPSA) is 145 Å². The van der Waals surface area contributed by atoms with Crippen LogP contribution in [-0.4, -0.2) is 20.4 Å². The molecule has 5 N–H and O–H groups in total. The third kappa shape index (κ3) is 6.41. The van der Waals surface area contributed by atoms with Crippen molar-refractivity contribution in [2.24, 2.45) is 11.6 Å². The van der Waals surface area contributed by atoms with Crippen LogP contribution in [0, 0.1) is 6.92 Å². The molecule has 12 heteroatoms. The van der Waals surface area contributed by atoms with Crippen molar-refractivity contribution >= 4 is 51.6 Å². The minimum Gasteiger partial charge on any atom is -0.441 e. The smallest absolute Gasteiger partial charge is 0.254 e. The second-order valence-corrected chi connectivity index (χ2v) is 10.1. The molecule has 0 saturated carbocycles. The standard InChI is InChI=1S/C29H25Cl2N7O3/c1-17-35-22-9-8-20(13-26(22)41-17)36-29(40)25(11-18-5-3-2-4-6-18)37-16-34-23(14-28(37)39)21-12-19(30)7-10-24(21)38(33)15-27(31)32/h2-10,12-16,25H,11,32-33H2,1H3,(H,36,40)/b27-15-. The van der Waals surface area contributed by atoms with Gasteiger partial charge in [-0.15, -0.1) is 0 Å². The molecule has 5 rings (SSSR count). The van der Waals surface area contributed by atoms with Gasteiger partial charge in [-0.3, -0.25) is 19.2 Å². The fourth-order valence-electron chi connectivity index (χ4n) is 4.43.